The van der Waals surface area contributed by atoms with Gasteiger partial charge in [0.2, 0.25) is 0 Å². The topological polar surface area (TPSA) is 29.1 Å². The van der Waals surface area contributed by atoms with Crippen LogP contribution in [0.3, 0.4) is 0 Å². The highest BCUT2D eigenvalue weighted by atomic mass is 32.3. The van der Waals surface area contributed by atoms with Gasteiger partial charge in [-0.05, 0) is 19.9 Å². The number of thiol groups is 1. The Morgan fingerprint density at radius 3 is 2.12 bits per heavy atom. The van der Waals surface area contributed by atoms with Crippen LogP contribution < -0.4 is 4.72 Å². The molecule has 0 saturated carbocycles. The molecule has 0 aliphatic carbocycles. The molecule has 0 aromatic heterocycles. The van der Waals surface area contributed by atoms with Crippen molar-refractivity contribution in [2.24, 2.45) is 0 Å². The van der Waals surface area contributed by atoms with Crippen molar-refractivity contribution in [2.45, 2.75) is 12.8 Å². The highest BCUT2D eigenvalue weighted by Gasteiger charge is 2.17. The van der Waals surface area contributed by atoms with Crippen molar-refractivity contribution in [3.63, 3.8) is 0 Å². The molecule has 1 fully saturated rings. The lowest BCUT2D eigenvalue weighted by molar-refractivity contribution is 0.668. The summed E-state index contributed by atoms with van der Waals surface area (Å²) in [6, 6.07) is 0. The predicted octanol–water partition coefficient (Wildman–Crippen LogP) is -0.0687. The Morgan fingerprint density at radius 1 is 1.38 bits per heavy atom. The number of hydrogen-bond donors (Lipinski definition) is 2. The SMILES string of the molecule is CN[SH]1(=O)CCCC1. The summed E-state index contributed by atoms with van der Waals surface area (Å²) in [5.74, 6) is 1.84. The molecule has 2 nitrogen and oxygen atoms in total. The quantitative estimate of drug-likeness (QED) is 0.484. The molecule has 0 aromatic carbocycles. The van der Waals surface area contributed by atoms with E-state index in [-0.39, 0.29) is 0 Å². The van der Waals surface area contributed by atoms with E-state index in [2.05, 4.69) is 4.72 Å². The molecule has 0 aromatic rings. The second kappa shape index (κ2) is 2.15. The Morgan fingerprint density at radius 2 is 1.88 bits per heavy atom. The lowest BCUT2D eigenvalue weighted by atomic mass is 10.4. The maximum atomic E-state index is 11.3. The van der Waals surface area contributed by atoms with Crippen molar-refractivity contribution in [1.82, 2.24) is 4.72 Å². The van der Waals surface area contributed by atoms with Gasteiger partial charge in [-0.3, -0.25) is 8.93 Å². The molecule has 1 N–H and O–H groups in total. The van der Waals surface area contributed by atoms with Gasteiger partial charge in [0.25, 0.3) is 0 Å². The predicted molar refractivity (Wildman–Crippen MR) is 37.6 cm³/mol. The van der Waals surface area contributed by atoms with Crippen LogP contribution in [-0.2, 0) is 10.1 Å². The largest absolute Gasteiger partial charge is 0.271 e. The van der Waals surface area contributed by atoms with E-state index >= 15 is 0 Å². The molecule has 50 valence electrons. The van der Waals surface area contributed by atoms with Crippen molar-refractivity contribution < 1.29 is 4.21 Å². The first-order valence-electron chi connectivity index (χ1n) is 3.04. The van der Waals surface area contributed by atoms with Gasteiger partial charge >= 0.3 is 0 Å². The highest BCUT2D eigenvalue weighted by molar-refractivity contribution is 8.01. The summed E-state index contributed by atoms with van der Waals surface area (Å²) >= 11 is 0. The Balaban J connectivity index is 2.53. The Labute approximate surface area is 51.2 Å². The molecule has 1 saturated heterocycles. The fourth-order valence-corrected chi connectivity index (χ4v) is 3.21. The number of hydrogen-bond acceptors (Lipinski definition) is 1. The van der Waals surface area contributed by atoms with Gasteiger partial charge < -0.3 is 0 Å². The van der Waals surface area contributed by atoms with Gasteiger partial charge in [-0.15, -0.1) is 0 Å². The smallest absolute Gasteiger partial charge is 0.0128 e. The average molecular weight is 135 g/mol. The summed E-state index contributed by atoms with van der Waals surface area (Å²) < 4.78 is 14.2. The van der Waals surface area contributed by atoms with Crippen LogP contribution in [0.25, 0.3) is 0 Å². The molecule has 0 spiro atoms. The van der Waals surface area contributed by atoms with Crippen molar-refractivity contribution in [3.8, 4) is 0 Å². The van der Waals surface area contributed by atoms with E-state index in [0.29, 0.717) is 0 Å². The van der Waals surface area contributed by atoms with Gasteiger partial charge in [0, 0.05) is 11.5 Å². The summed E-state index contributed by atoms with van der Waals surface area (Å²) in [7, 11) is -0.00321. The van der Waals surface area contributed by atoms with Gasteiger partial charge in [-0.25, -0.2) is 0 Å². The van der Waals surface area contributed by atoms with E-state index in [9.17, 15) is 4.21 Å². The van der Waals surface area contributed by atoms with E-state index < -0.39 is 10.1 Å². The van der Waals surface area contributed by atoms with Crippen LogP contribution in [0.2, 0.25) is 0 Å². The fraction of sp³-hybridized carbons (Fsp3) is 1.00. The minimum absolute atomic E-state index is 0.920. The van der Waals surface area contributed by atoms with Gasteiger partial charge in [-0.1, -0.05) is 10.1 Å². The second-order valence-corrected chi connectivity index (χ2v) is 5.39. The van der Waals surface area contributed by atoms with E-state index in [1.807, 2.05) is 0 Å². The third-order valence-electron chi connectivity index (χ3n) is 1.70. The molecule has 0 atom stereocenters. The zero-order valence-corrected chi connectivity index (χ0v) is 6.08. The molecule has 1 aliphatic rings. The molecule has 0 amide bonds. The number of rotatable bonds is 1. The van der Waals surface area contributed by atoms with Crippen LogP contribution in [0.15, 0.2) is 0 Å². The van der Waals surface area contributed by atoms with Crippen molar-refractivity contribution in [3.05, 3.63) is 0 Å². The van der Waals surface area contributed by atoms with E-state index in [1.54, 1.807) is 7.05 Å². The maximum absolute atomic E-state index is 11.3. The molecule has 1 aliphatic heterocycles. The van der Waals surface area contributed by atoms with Crippen LogP contribution in [-0.4, -0.2) is 22.8 Å². The van der Waals surface area contributed by atoms with Crippen LogP contribution in [0.1, 0.15) is 12.8 Å². The second-order valence-electron chi connectivity index (χ2n) is 2.27. The summed E-state index contributed by atoms with van der Waals surface area (Å²) in [5.41, 5.74) is 0. The lowest BCUT2D eigenvalue weighted by Crippen LogP contribution is -2.29. The first kappa shape index (κ1) is 6.23. The molecular formula is C5H13NOS. The lowest BCUT2D eigenvalue weighted by Gasteiger charge is -2.13. The maximum Gasteiger partial charge on any atom is 0.0128 e. The Bertz CT molecular complexity index is 114. The molecule has 0 unspecified atom stereocenters. The molecule has 1 heterocycles. The first-order chi connectivity index (χ1) is 3.77. The van der Waals surface area contributed by atoms with Crippen molar-refractivity contribution in [1.29, 1.82) is 0 Å². The molecule has 0 radical (unpaired) electrons. The van der Waals surface area contributed by atoms with Crippen molar-refractivity contribution in [2.75, 3.05) is 18.6 Å². The van der Waals surface area contributed by atoms with E-state index in [0.717, 1.165) is 24.3 Å². The average Bonchev–Trinajstić information content (AvgIpc) is 2.17. The highest BCUT2D eigenvalue weighted by Crippen LogP contribution is 2.13. The van der Waals surface area contributed by atoms with Gasteiger partial charge in [0.1, 0.15) is 0 Å². The monoisotopic (exact) mass is 135 g/mol. The Hall–Kier alpha value is 0.110. The summed E-state index contributed by atoms with van der Waals surface area (Å²) in [4.78, 5) is 0. The van der Waals surface area contributed by atoms with Crippen LogP contribution in [0.5, 0.6) is 0 Å². The molecule has 8 heavy (non-hydrogen) atoms. The van der Waals surface area contributed by atoms with Crippen LogP contribution in [0, 0.1) is 0 Å². The van der Waals surface area contributed by atoms with E-state index in [1.165, 1.54) is 0 Å². The number of nitrogens with one attached hydrogen (secondary N) is 1. The molecule has 0 bridgehead atoms. The first-order valence-corrected chi connectivity index (χ1v) is 5.12. The molecule has 1 rings (SSSR count). The van der Waals surface area contributed by atoms with Crippen molar-refractivity contribution >= 4 is 10.1 Å². The van der Waals surface area contributed by atoms with Gasteiger partial charge in [0.15, 0.2) is 0 Å². The minimum atomic E-state index is -1.80. The molecule has 3 heteroatoms. The summed E-state index contributed by atoms with van der Waals surface area (Å²) in [5, 5.41) is 0. The third kappa shape index (κ3) is 1.09. The van der Waals surface area contributed by atoms with Gasteiger partial charge in [-0.2, -0.15) is 0 Å². The standard InChI is InChI=1S/C5H13NOS/c1-6-8(7)4-2-3-5-8/h8H,2-5H2,1H3,(H,6,7). The fourth-order valence-electron chi connectivity index (χ4n) is 1.07. The zero-order chi connectivity index (χ0) is 6.04. The molecular weight excluding hydrogens is 122 g/mol. The van der Waals surface area contributed by atoms with Crippen LogP contribution >= 0.6 is 0 Å². The summed E-state index contributed by atoms with van der Waals surface area (Å²) in [6.07, 6.45) is 2.30. The minimum Gasteiger partial charge on any atom is -0.271 e. The van der Waals surface area contributed by atoms with Gasteiger partial charge in [0.05, 0.1) is 0 Å². The van der Waals surface area contributed by atoms with E-state index in [4.69, 9.17) is 0 Å². The normalized spacial score (nSPS) is 30.1. The zero-order valence-electron chi connectivity index (χ0n) is 5.18. The summed E-state index contributed by atoms with van der Waals surface area (Å²) in [6.45, 7) is 0. The Kier molecular flexibility index (Phi) is 1.68. The van der Waals surface area contributed by atoms with Crippen LogP contribution in [0.4, 0.5) is 0 Å². The third-order valence-corrected chi connectivity index (χ3v) is 4.59.